The topological polar surface area (TPSA) is 90.9 Å². The molecule has 10 heteroatoms. The highest BCUT2D eigenvalue weighted by Crippen LogP contribution is 2.38. The number of amides is 1. The molecule has 0 saturated carbocycles. The first-order chi connectivity index (χ1) is 16.3. The zero-order valence-electron chi connectivity index (χ0n) is 22.1. The molecule has 0 aromatic carbocycles. The summed E-state index contributed by atoms with van der Waals surface area (Å²) in [5.74, 6) is 1.32. The van der Waals surface area contributed by atoms with Gasteiger partial charge < -0.3 is 24.2 Å². The minimum atomic E-state index is -4.22. The number of thioether (sulfide) groups is 2. The molecule has 34 heavy (non-hydrogen) atoms. The number of hydrogen-bond donors (Lipinski definition) is 1. The second kappa shape index (κ2) is 23.6. The Morgan fingerprint density at radius 1 is 0.971 bits per heavy atom. The minimum absolute atomic E-state index is 0.0775. The van der Waals surface area contributed by atoms with Gasteiger partial charge in [0.25, 0.3) is 7.82 Å². The summed E-state index contributed by atoms with van der Waals surface area (Å²) in [4.78, 5) is 25.8. The van der Waals surface area contributed by atoms with E-state index in [2.05, 4.69) is 24.8 Å². The van der Waals surface area contributed by atoms with E-state index in [1.165, 1.54) is 37.9 Å². The van der Waals surface area contributed by atoms with Gasteiger partial charge in [0.1, 0.15) is 0 Å². The Kier molecular flexibility index (Phi) is 23.8. The highest BCUT2D eigenvalue weighted by atomic mass is 32.2. The molecule has 0 aromatic rings. The molecule has 0 aliphatic rings. The Bertz CT molecular complexity index is 532. The summed E-state index contributed by atoms with van der Waals surface area (Å²) in [7, 11) is -2.30. The van der Waals surface area contributed by atoms with Crippen LogP contribution in [0.15, 0.2) is 0 Å². The van der Waals surface area contributed by atoms with E-state index in [9.17, 15) is 14.3 Å². The van der Waals surface area contributed by atoms with Gasteiger partial charge in [-0.15, -0.1) is 0 Å². The maximum absolute atomic E-state index is 12.0. The second-order valence-corrected chi connectivity index (χ2v) is 12.3. The summed E-state index contributed by atoms with van der Waals surface area (Å²) >= 11 is 3.83. The van der Waals surface area contributed by atoms with E-state index in [1.54, 1.807) is 0 Å². The molecule has 0 radical (unpaired) electrons. The summed E-state index contributed by atoms with van der Waals surface area (Å²) in [5.41, 5.74) is 0. The Morgan fingerprint density at radius 2 is 1.68 bits per heavy atom. The molecule has 0 heterocycles. The Balaban J connectivity index is 3.67. The van der Waals surface area contributed by atoms with Gasteiger partial charge in [-0.3, -0.25) is 9.36 Å². The van der Waals surface area contributed by atoms with Gasteiger partial charge in [-0.25, -0.2) is 0 Å². The van der Waals surface area contributed by atoms with Crippen molar-refractivity contribution in [2.75, 3.05) is 58.2 Å². The summed E-state index contributed by atoms with van der Waals surface area (Å²) in [6, 6.07) is 0. The number of rotatable bonds is 25. The average Bonchev–Trinajstić information content (AvgIpc) is 2.80. The third kappa shape index (κ3) is 22.7. The van der Waals surface area contributed by atoms with Crippen molar-refractivity contribution >= 4 is 37.3 Å². The standard InChI is InChI=1S/C24H51N2O5PS2/c1-5-6-7-8-9-12-20-30-32(28,29)31-21-19-26(2)18-13-17-25-24(27)15-11-10-14-23(34-4)16-22-33-3/h23H,5-22H2,1-4H3,(H,25,27)(H,28,29)/p-1. The fourth-order valence-electron chi connectivity index (χ4n) is 3.47. The Morgan fingerprint density at radius 3 is 2.38 bits per heavy atom. The van der Waals surface area contributed by atoms with Gasteiger partial charge in [0.2, 0.25) is 5.91 Å². The summed E-state index contributed by atoms with van der Waals surface area (Å²) < 4.78 is 21.7. The molecule has 0 aromatic heterocycles. The van der Waals surface area contributed by atoms with Crippen LogP contribution in [0.1, 0.15) is 84.0 Å². The number of nitrogens with one attached hydrogen (secondary N) is 1. The van der Waals surface area contributed by atoms with Crippen LogP contribution in [0.5, 0.6) is 0 Å². The Labute approximate surface area is 217 Å². The van der Waals surface area contributed by atoms with Crippen LogP contribution < -0.4 is 10.2 Å². The van der Waals surface area contributed by atoms with Crippen molar-refractivity contribution in [2.24, 2.45) is 0 Å². The minimum Gasteiger partial charge on any atom is -0.756 e. The summed E-state index contributed by atoms with van der Waals surface area (Å²) in [6.45, 7) is 4.32. The molecular formula is C24H50N2O5PS2-. The van der Waals surface area contributed by atoms with E-state index in [4.69, 9.17) is 9.05 Å². The fourth-order valence-corrected chi connectivity index (χ4v) is 5.63. The summed E-state index contributed by atoms with van der Waals surface area (Å²) in [5, 5.41) is 3.69. The quantitative estimate of drug-likeness (QED) is 0.122. The molecule has 7 nitrogen and oxygen atoms in total. The summed E-state index contributed by atoms with van der Waals surface area (Å²) in [6.07, 6.45) is 16.6. The van der Waals surface area contributed by atoms with Gasteiger partial charge in [0.05, 0.1) is 13.2 Å². The van der Waals surface area contributed by atoms with E-state index in [0.29, 0.717) is 24.8 Å². The van der Waals surface area contributed by atoms with E-state index in [-0.39, 0.29) is 19.1 Å². The van der Waals surface area contributed by atoms with Crippen LogP contribution >= 0.6 is 31.3 Å². The predicted molar refractivity (Wildman–Crippen MR) is 147 cm³/mol. The number of hydrogen-bond acceptors (Lipinski definition) is 8. The number of nitrogens with zero attached hydrogens (tertiary/aromatic N) is 1. The van der Waals surface area contributed by atoms with Gasteiger partial charge in [-0.1, -0.05) is 45.4 Å². The number of carbonyl (C=O) groups excluding carboxylic acids is 1. The van der Waals surface area contributed by atoms with E-state index < -0.39 is 7.82 Å². The predicted octanol–water partition coefficient (Wildman–Crippen LogP) is 5.33. The van der Waals surface area contributed by atoms with Crippen LogP contribution in [0.25, 0.3) is 0 Å². The molecule has 0 spiro atoms. The lowest BCUT2D eigenvalue weighted by Crippen LogP contribution is -2.29. The number of phosphoric ester groups is 1. The van der Waals surface area contributed by atoms with Crippen molar-refractivity contribution < 1.29 is 23.3 Å². The van der Waals surface area contributed by atoms with Crippen LogP contribution in [-0.4, -0.2) is 74.2 Å². The molecular weight excluding hydrogens is 491 g/mol. The van der Waals surface area contributed by atoms with Crippen molar-refractivity contribution in [1.82, 2.24) is 10.2 Å². The van der Waals surface area contributed by atoms with E-state index >= 15 is 0 Å². The molecule has 1 N–H and O–H groups in total. The number of phosphoric acid groups is 1. The largest absolute Gasteiger partial charge is 0.756 e. The molecule has 1 amide bonds. The fraction of sp³-hybridized carbons (Fsp3) is 0.958. The molecule has 2 unspecified atom stereocenters. The average molecular weight is 542 g/mol. The molecule has 0 rings (SSSR count). The molecule has 0 aliphatic heterocycles. The normalized spacial score (nSPS) is 14.3. The van der Waals surface area contributed by atoms with Crippen LogP contribution in [-0.2, 0) is 18.4 Å². The molecule has 0 aliphatic carbocycles. The number of likely N-dealkylation sites (N-methyl/N-ethyl adjacent to an activating group) is 1. The van der Waals surface area contributed by atoms with E-state index in [0.717, 1.165) is 45.1 Å². The third-order valence-electron chi connectivity index (χ3n) is 5.67. The first-order valence-electron chi connectivity index (χ1n) is 12.9. The number of carbonyl (C=O) groups is 1. The van der Waals surface area contributed by atoms with Crippen LogP contribution in [0.2, 0.25) is 0 Å². The number of unbranched alkanes of at least 4 members (excludes halogenated alkanes) is 6. The molecule has 0 saturated heterocycles. The maximum Gasteiger partial charge on any atom is 0.267 e. The van der Waals surface area contributed by atoms with Gasteiger partial charge >= 0.3 is 0 Å². The highest BCUT2D eigenvalue weighted by Gasteiger charge is 2.10. The monoisotopic (exact) mass is 541 g/mol. The highest BCUT2D eigenvalue weighted by molar-refractivity contribution is 7.99. The first kappa shape index (κ1) is 34.2. The SMILES string of the molecule is CCCCCCCCOP(=O)([O-])OCCN(C)CCCNC(=O)CCCCC(CCSC)SC. The lowest BCUT2D eigenvalue weighted by molar-refractivity contribution is -0.225. The lowest BCUT2D eigenvalue weighted by Gasteiger charge is -2.24. The molecule has 2 atom stereocenters. The van der Waals surface area contributed by atoms with Crippen LogP contribution in [0, 0.1) is 0 Å². The van der Waals surface area contributed by atoms with Gasteiger partial charge in [0.15, 0.2) is 0 Å². The van der Waals surface area contributed by atoms with Crippen molar-refractivity contribution in [3.8, 4) is 0 Å². The smallest absolute Gasteiger partial charge is 0.267 e. The lowest BCUT2D eigenvalue weighted by atomic mass is 10.1. The maximum atomic E-state index is 12.0. The molecule has 0 fully saturated rings. The van der Waals surface area contributed by atoms with Crippen molar-refractivity contribution in [3.63, 3.8) is 0 Å². The van der Waals surface area contributed by atoms with Crippen molar-refractivity contribution in [3.05, 3.63) is 0 Å². The Hall–Kier alpha value is 0.240. The van der Waals surface area contributed by atoms with Gasteiger partial charge in [-0.2, -0.15) is 23.5 Å². The third-order valence-corrected chi connectivity index (χ3v) is 8.45. The van der Waals surface area contributed by atoms with Gasteiger partial charge in [0, 0.05) is 24.8 Å². The van der Waals surface area contributed by atoms with E-state index in [1.807, 2.05) is 35.5 Å². The van der Waals surface area contributed by atoms with Crippen LogP contribution in [0.4, 0.5) is 0 Å². The first-order valence-corrected chi connectivity index (χ1v) is 17.1. The zero-order chi connectivity index (χ0) is 25.5. The second-order valence-electron chi connectivity index (χ2n) is 8.77. The molecule has 204 valence electrons. The van der Waals surface area contributed by atoms with Gasteiger partial charge in [-0.05, 0) is 64.0 Å². The van der Waals surface area contributed by atoms with Crippen molar-refractivity contribution in [1.29, 1.82) is 0 Å². The zero-order valence-corrected chi connectivity index (χ0v) is 24.6. The van der Waals surface area contributed by atoms with Crippen molar-refractivity contribution in [2.45, 2.75) is 89.2 Å². The molecule has 0 bridgehead atoms. The van der Waals surface area contributed by atoms with Crippen LogP contribution in [0.3, 0.4) is 0 Å².